The molecular formula is C10H12N2O2. The quantitative estimate of drug-likeness (QED) is 0.709. The van der Waals surface area contributed by atoms with Crippen LogP contribution in [0.5, 0.6) is 0 Å². The maximum atomic E-state index is 11.4. The number of hydrogen-bond acceptors (Lipinski definition) is 2. The first kappa shape index (κ1) is 8.99. The van der Waals surface area contributed by atoms with E-state index in [1.165, 1.54) is 0 Å². The van der Waals surface area contributed by atoms with Crippen LogP contribution in [0.1, 0.15) is 23.3 Å². The second kappa shape index (κ2) is 3.65. The van der Waals surface area contributed by atoms with Gasteiger partial charge in [0, 0.05) is 12.2 Å². The molecule has 1 fully saturated rings. The largest absolute Gasteiger partial charge is 0.352 e. The standard InChI is InChI=1S/C10H12N2O2/c13-7-9-2-1-5-12(9)6-10(14)11-8-3-4-8/h1-2,5,7-8H,3-4,6H2,(H,11,14). The summed E-state index contributed by atoms with van der Waals surface area (Å²) in [5.41, 5.74) is 0.538. The van der Waals surface area contributed by atoms with Crippen LogP contribution in [0.25, 0.3) is 0 Å². The summed E-state index contributed by atoms with van der Waals surface area (Å²) < 4.78 is 1.64. The van der Waals surface area contributed by atoms with Crippen molar-refractivity contribution in [2.75, 3.05) is 0 Å². The first-order chi connectivity index (χ1) is 6.79. The number of amides is 1. The molecule has 1 amide bonds. The summed E-state index contributed by atoms with van der Waals surface area (Å²) in [7, 11) is 0. The molecule has 0 radical (unpaired) electrons. The molecule has 1 aromatic heterocycles. The van der Waals surface area contributed by atoms with Gasteiger partial charge in [0.15, 0.2) is 6.29 Å². The number of hydrogen-bond donors (Lipinski definition) is 1. The molecule has 2 rings (SSSR count). The van der Waals surface area contributed by atoms with Gasteiger partial charge in [-0.05, 0) is 25.0 Å². The summed E-state index contributed by atoms with van der Waals surface area (Å²) in [6, 6.07) is 3.82. The van der Waals surface area contributed by atoms with E-state index in [1.807, 2.05) is 0 Å². The summed E-state index contributed by atoms with van der Waals surface area (Å²) in [6.07, 6.45) is 4.65. The summed E-state index contributed by atoms with van der Waals surface area (Å²) in [6.45, 7) is 0.234. The summed E-state index contributed by atoms with van der Waals surface area (Å²) in [5.74, 6) is -0.0215. The smallest absolute Gasteiger partial charge is 0.240 e. The lowest BCUT2D eigenvalue weighted by Crippen LogP contribution is -2.29. The lowest BCUT2D eigenvalue weighted by Gasteiger charge is -2.05. The number of aromatic nitrogens is 1. The Kier molecular flexibility index (Phi) is 2.35. The van der Waals surface area contributed by atoms with Gasteiger partial charge in [0.1, 0.15) is 6.54 Å². The van der Waals surface area contributed by atoms with Gasteiger partial charge in [-0.3, -0.25) is 9.59 Å². The number of nitrogens with zero attached hydrogens (tertiary/aromatic N) is 1. The van der Waals surface area contributed by atoms with E-state index in [-0.39, 0.29) is 12.5 Å². The third-order valence-electron chi connectivity index (χ3n) is 2.24. The van der Waals surface area contributed by atoms with E-state index in [0.717, 1.165) is 19.1 Å². The van der Waals surface area contributed by atoms with Crippen molar-refractivity contribution in [3.63, 3.8) is 0 Å². The SMILES string of the molecule is O=Cc1cccn1CC(=O)NC1CC1. The highest BCUT2D eigenvalue weighted by molar-refractivity contribution is 5.78. The average Bonchev–Trinajstić information content (AvgIpc) is 2.84. The molecule has 14 heavy (non-hydrogen) atoms. The molecule has 74 valence electrons. The number of rotatable bonds is 4. The van der Waals surface area contributed by atoms with Crippen molar-refractivity contribution in [2.45, 2.75) is 25.4 Å². The van der Waals surface area contributed by atoms with Gasteiger partial charge in [0.2, 0.25) is 5.91 Å². The van der Waals surface area contributed by atoms with Crippen molar-refractivity contribution < 1.29 is 9.59 Å². The van der Waals surface area contributed by atoms with Gasteiger partial charge in [-0.1, -0.05) is 0 Å². The summed E-state index contributed by atoms with van der Waals surface area (Å²) in [5, 5.41) is 2.87. The lowest BCUT2D eigenvalue weighted by molar-refractivity contribution is -0.121. The van der Waals surface area contributed by atoms with Gasteiger partial charge in [0.05, 0.1) is 5.69 Å². The zero-order valence-electron chi connectivity index (χ0n) is 7.77. The highest BCUT2D eigenvalue weighted by Gasteiger charge is 2.23. The summed E-state index contributed by atoms with van der Waals surface area (Å²) >= 11 is 0. The normalized spacial score (nSPS) is 15.1. The minimum absolute atomic E-state index is 0.0215. The Morgan fingerprint density at radius 1 is 1.64 bits per heavy atom. The molecular weight excluding hydrogens is 180 g/mol. The van der Waals surface area contributed by atoms with E-state index >= 15 is 0 Å². The van der Waals surface area contributed by atoms with Gasteiger partial charge in [-0.25, -0.2) is 0 Å². The van der Waals surface area contributed by atoms with Gasteiger partial charge in [-0.2, -0.15) is 0 Å². The topological polar surface area (TPSA) is 51.1 Å². The Hall–Kier alpha value is -1.58. The third kappa shape index (κ3) is 2.02. The van der Waals surface area contributed by atoms with Crippen LogP contribution in [0.4, 0.5) is 0 Å². The number of carbonyl (C=O) groups is 2. The second-order valence-corrected chi connectivity index (χ2v) is 3.52. The van der Waals surface area contributed by atoms with Crippen molar-refractivity contribution in [2.24, 2.45) is 0 Å². The predicted octanol–water partition coefficient (Wildman–Crippen LogP) is 0.579. The lowest BCUT2D eigenvalue weighted by atomic mass is 10.4. The Labute approximate surface area is 81.9 Å². The molecule has 0 unspecified atom stereocenters. The van der Waals surface area contributed by atoms with Gasteiger partial charge in [-0.15, -0.1) is 0 Å². The predicted molar refractivity (Wildman–Crippen MR) is 51.0 cm³/mol. The molecule has 1 aliphatic carbocycles. The number of carbonyl (C=O) groups excluding carboxylic acids is 2. The first-order valence-corrected chi connectivity index (χ1v) is 4.69. The molecule has 4 heteroatoms. The van der Waals surface area contributed by atoms with Crippen LogP contribution in [-0.4, -0.2) is 22.8 Å². The van der Waals surface area contributed by atoms with Crippen LogP contribution in [0, 0.1) is 0 Å². The molecule has 0 aliphatic heterocycles. The second-order valence-electron chi connectivity index (χ2n) is 3.52. The van der Waals surface area contributed by atoms with Crippen LogP contribution >= 0.6 is 0 Å². The maximum Gasteiger partial charge on any atom is 0.240 e. The average molecular weight is 192 g/mol. The third-order valence-corrected chi connectivity index (χ3v) is 2.24. The van der Waals surface area contributed by atoms with E-state index in [4.69, 9.17) is 0 Å². The molecule has 0 spiro atoms. The zero-order chi connectivity index (χ0) is 9.97. The number of aldehydes is 1. The molecule has 1 aromatic rings. The Bertz CT molecular complexity index is 353. The monoisotopic (exact) mass is 192 g/mol. The first-order valence-electron chi connectivity index (χ1n) is 4.69. The maximum absolute atomic E-state index is 11.4. The van der Waals surface area contributed by atoms with Crippen molar-refractivity contribution in [3.05, 3.63) is 24.0 Å². The molecule has 0 bridgehead atoms. The van der Waals surface area contributed by atoms with E-state index in [0.29, 0.717) is 11.7 Å². The Balaban J connectivity index is 1.94. The van der Waals surface area contributed by atoms with Crippen molar-refractivity contribution in [1.82, 2.24) is 9.88 Å². The van der Waals surface area contributed by atoms with Gasteiger partial charge in [0.25, 0.3) is 0 Å². The fraction of sp³-hybridized carbons (Fsp3) is 0.400. The Morgan fingerprint density at radius 2 is 2.43 bits per heavy atom. The minimum Gasteiger partial charge on any atom is -0.352 e. The molecule has 0 aromatic carbocycles. The van der Waals surface area contributed by atoms with Crippen LogP contribution < -0.4 is 5.32 Å². The molecule has 1 saturated carbocycles. The fourth-order valence-corrected chi connectivity index (χ4v) is 1.33. The minimum atomic E-state index is -0.0215. The molecule has 1 N–H and O–H groups in total. The fourth-order valence-electron chi connectivity index (χ4n) is 1.33. The van der Waals surface area contributed by atoms with E-state index in [9.17, 15) is 9.59 Å². The van der Waals surface area contributed by atoms with Crippen molar-refractivity contribution in [3.8, 4) is 0 Å². The van der Waals surface area contributed by atoms with E-state index in [2.05, 4.69) is 5.32 Å². The highest BCUT2D eigenvalue weighted by atomic mass is 16.2. The Morgan fingerprint density at radius 3 is 3.07 bits per heavy atom. The van der Waals surface area contributed by atoms with Crippen LogP contribution in [0.3, 0.4) is 0 Å². The van der Waals surface area contributed by atoms with E-state index < -0.39 is 0 Å². The van der Waals surface area contributed by atoms with Crippen molar-refractivity contribution in [1.29, 1.82) is 0 Å². The van der Waals surface area contributed by atoms with Crippen LogP contribution in [0.2, 0.25) is 0 Å². The molecule has 1 aliphatic rings. The van der Waals surface area contributed by atoms with Crippen LogP contribution in [0.15, 0.2) is 18.3 Å². The molecule has 0 saturated heterocycles. The molecule has 1 heterocycles. The van der Waals surface area contributed by atoms with Gasteiger partial charge >= 0.3 is 0 Å². The van der Waals surface area contributed by atoms with Crippen LogP contribution in [-0.2, 0) is 11.3 Å². The zero-order valence-corrected chi connectivity index (χ0v) is 7.77. The molecule has 4 nitrogen and oxygen atoms in total. The van der Waals surface area contributed by atoms with E-state index in [1.54, 1.807) is 22.9 Å². The molecule has 0 atom stereocenters. The summed E-state index contributed by atoms with van der Waals surface area (Å²) in [4.78, 5) is 21.9. The number of nitrogens with one attached hydrogen (secondary N) is 1. The van der Waals surface area contributed by atoms with Gasteiger partial charge < -0.3 is 9.88 Å². The highest BCUT2D eigenvalue weighted by Crippen LogP contribution is 2.18. The van der Waals surface area contributed by atoms with Crippen molar-refractivity contribution >= 4 is 12.2 Å².